The molecule has 2 aliphatic rings. The normalized spacial score (nSPS) is 19.9. The number of rotatable bonds is 8. The molecule has 55 heavy (non-hydrogen) atoms. The van der Waals surface area contributed by atoms with Crippen molar-refractivity contribution in [3.05, 3.63) is 142 Å². The average molecular weight is 760 g/mol. The van der Waals surface area contributed by atoms with E-state index in [1.807, 2.05) is 72.1 Å². The fraction of sp³-hybridized carbons (Fsp3) is 0.233. The second-order valence-corrected chi connectivity index (χ2v) is 14.5. The van der Waals surface area contributed by atoms with Gasteiger partial charge >= 0.3 is 5.97 Å². The predicted octanol–water partition coefficient (Wildman–Crippen LogP) is 4.90. The molecule has 0 fully saturated rings. The molecule has 0 radical (unpaired) electrons. The van der Waals surface area contributed by atoms with Gasteiger partial charge in [-0.3, -0.25) is 24.0 Å². The summed E-state index contributed by atoms with van der Waals surface area (Å²) in [6.07, 6.45) is -0.143. The molecule has 2 bridgehead atoms. The molecule has 3 heterocycles. The summed E-state index contributed by atoms with van der Waals surface area (Å²) < 4.78 is 5.69. The van der Waals surface area contributed by atoms with Gasteiger partial charge in [0.2, 0.25) is 11.8 Å². The summed E-state index contributed by atoms with van der Waals surface area (Å²) in [5.41, 5.74) is 3.95. The highest BCUT2D eigenvalue weighted by Gasteiger charge is 2.32. The third-order valence-corrected chi connectivity index (χ3v) is 10.3. The Morgan fingerprint density at radius 2 is 1.25 bits per heavy atom. The summed E-state index contributed by atoms with van der Waals surface area (Å²) in [5.74, 6) is -4.24. The summed E-state index contributed by atoms with van der Waals surface area (Å²) in [5, 5.41) is 30.3. The first-order valence-electron chi connectivity index (χ1n) is 17.9. The Morgan fingerprint density at radius 1 is 0.655 bits per heavy atom. The van der Waals surface area contributed by atoms with Gasteiger partial charge in [-0.05, 0) is 76.4 Å². The number of benzene rings is 4. The molecule has 5 N–H and O–H groups in total. The fourth-order valence-corrected chi connectivity index (χ4v) is 7.18. The number of Topliss-reactive ketones (excluding diaryl/α,β-unsaturated/α-hetero) is 1. The number of fused-ring (bicyclic) bond motifs is 16. The van der Waals surface area contributed by atoms with Crippen LogP contribution in [0.5, 0.6) is 11.5 Å². The van der Waals surface area contributed by atoms with Crippen LogP contribution in [-0.4, -0.2) is 64.4 Å². The summed E-state index contributed by atoms with van der Waals surface area (Å²) in [6.45, 7) is -0.392. The van der Waals surface area contributed by atoms with Gasteiger partial charge in [-0.2, -0.15) is 0 Å². The van der Waals surface area contributed by atoms with Crippen molar-refractivity contribution >= 4 is 40.8 Å². The fourth-order valence-electron chi connectivity index (χ4n) is 6.43. The number of hydrogen-bond donors (Lipinski definition) is 5. The van der Waals surface area contributed by atoms with E-state index in [9.17, 15) is 34.2 Å². The molecule has 3 amide bonds. The van der Waals surface area contributed by atoms with Gasteiger partial charge in [0.25, 0.3) is 5.91 Å². The number of nitrogens with one attached hydrogen (secondary N) is 3. The van der Waals surface area contributed by atoms with Crippen LogP contribution in [-0.2, 0) is 49.7 Å². The Labute approximate surface area is 322 Å². The largest absolute Gasteiger partial charge is 0.508 e. The average Bonchev–Trinajstić information content (AvgIpc) is 3.71. The zero-order valence-electron chi connectivity index (χ0n) is 29.9. The number of ether oxygens (including phenoxy) is 1. The topological polar surface area (TPSA) is 171 Å². The van der Waals surface area contributed by atoms with Crippen molar-refractivity contribution in [1.29, 1.82) is 0 Å². The zero-order valence-corrected chi connectivity index (χ0v) is 30.7. The monoisotopic (exact) mass is 759 g/mol. The van der Waals surface area contributed by atoms with E-state index in [4.69, 9.17) is 4.74 Å². The molecule has 11 nitrogen and oxygen atoms in total. The van der Waals surface area contributed by atoms with Gasteiger partial charge in [0.1, 0.15) is 23.6 Å². The number of phenolic OH excluding ortho intramolecular Hbond substituents is 1. The standard InChI is InChI=1S/C43H41N3O8S/c47-33-16-10-29(11-17-33)22-36-39(48)24-32(43(52)53)21-27-12-18-34(19-13-27)54-26-40(49)44-38(25-35-7-4-20-55-35)42(51)46-37(41(50)45-36)23-28-8-14-31(15-9-28)30-5-2-1-3-6-30/h1-20,32,36-38,47H,21-26H2,(H,44,49)(H,45,50)(H,46,51)(H,52,53)/t32-,36-,37+,38-/m1/s1. The number of carboxylic acid groups (broad SMARTS) is 1. The van der Waals surface area contributed by atoms with E-state index in [0.717, 1.165) is 21.6 Å². The molecule has 0 spiro atoms. The van der Waals surface area contributed by atoms with Crippen LogP contribution in [0.25, 0.3) is 11.1 Å². The minimum Gasteiger partial charge on any atom is -0.508 e. The van der Waals surface area contributed by atoms with Gasteiger partial charge < -0.3 is 30.9 Å². The van der Waals surface area contributed by atoms with Crippen molar-refractivity contribution in [1.82, 2.24) is 16.0 Å². The number of hydrogen-bond acceptors (Lipinski definition) is 8. The van der Waals surface area contributed by atoms with Crippen LogP contribution in [0.4, 0.5) is 0 Å². The van der Waals surface area contributed by atoms with Crippen molar-refractivity contribution in [2.24, 2.45) is 5.92 Å². The van der Waals surface area contributed by atoms with Crippen LogP contribution in [0.1, 0.15) is 28.0 Å². The molecule has 4 atom stereocenters. The maximum atomic E-state index is 14.3. The van der Waals surface area contributed by atoms with E-state index in [2.05, 4.69) is 16.0 Å². The third kappa shape index (κ3) is 10.9. The molecule has 282 valence electrons. The molecule has 0 aliphatic carbocycles. The molecule has 7 rings (SSSR count). The molecule has 5 aromatic rings. The highest BCUT2D eigenvalue weighted by molar-refractivity contribution is 7.09. The van der Waals surface area contributed by atoms with Crippen LogP contribution in [0.15, 0.2) is 121 Å². The second-order valence-electron chi connectivity index (χ2n) is 13.5. The first-order chi connectivity index (χ1) is 26.6. The molecule has 12 heteroatoms. The number of carboxylic acids is 1. The maximum absolute atomic E-state index is 14.3. The molecule has 0 saturated heterocycles. The van der Waals surface area contributed by atoms with Crippen LogP contribution >= 0.6 is 11.3 Å². The maximum Gasteiger partial charge on any atom is 0.307 e. The van der Waals surface area contributed by atoms with Crippen LogP contribution < -0.4 is 20.7 Å². The van der Waals surface area contributed by atoms with Crippen LogP contribution in [0, 0.1) is 5.92 Å². The number of ketones is 1. The molecule has 0 saturated carbocycles. The van der Waals surface area contributed by atoms with E-state index >= 15 is 0 Å². The molecular formula is C43H41N3O8S. The molecule has 0 unspecified atom stereocenters. The minimum absolute atomic E-state index is 0.00667. The summed E-state index contributed by atoms with van der Waals surface area (Å²) in [4.78, 5) is 68.9. The van der Waals surface area contributed by atoms with Crippen LogP contribution in [0.3, 0.4) is 0 Å². The van der Waals surface area contributed by atoms with Gasteiger partial charge in [0.15, 0.2) is 12.4 Å². The number of thiophene rings is 1. The smallest absolute Gasteiger partial charge is 0.307 e. The molecule has 4 aromatic carbocycles. The lowest BCUT2D eigenvalue weighted by Crippen LogP contribution is -2.57. The van der Waals surface area contributed by atoms with Crippen molar-refractivity contribution in [2.75, 3.05) is 6.61 Å². The molecule has 2 aliphatic heterocycles. The number of amides is 3. The number of carbonyl (C=O) groups excluding carboxylic acids is 4. The SMILES string of the molecule is O=C1COc2ccc(cc2)C[C@@H](C(=O)O)CC(=O)[C@@H](Cc2ccc(O)cc2)NC(=O)[C@H](Cc2ccc(-c3ccccc3)cc2)NC(=O)[C@@H](Cc2cccs2)N1. The second kappa shape index (κ2) is 18.2. The van der Waals surface area contributed by atoms with E-state index in [0.29, 0.717) is 16.9 Å². The highest BCUT2D eigenvalue weighted by Crippen LogP contribution is 2.22. The number of aromatic hydroxyl groups is 1. The first-order valence-corrected chi connectivity index (χ1v) is 18.8. The summed E-state index contributed by atoms with van der Waals surface area (Å²) >= 11 is 1.42. The van der Waals surface area contributed by atoms with Gasteiger partial charge in [0.05, 0.1) is 12.0 Å². The van der Waals surface area contributed by atoms with E-state index in [-0.39, 0.29) is 37.9 Å². The Hall–Kier alpha value is -6.27. The zero-order chi connectivity index (χ0) is 38.7. The third-order valence-electron chi connectivity index (χ3n) is 9.42. The highest BCUT2D eigenvalue weighted by atomic mass is 32.1. The van der Waals surface area contributed by atoms with Crippen molar-refractivity contribution in [3.8, 4) is 22.6 Å². The number of aliphatic carboxylic acids is 1. The predicted molar refractivity (Wildman–Crippen MR) is 208 cm³/mol. The summed E-state index contributed by atoms with van der Waals surface area (Å²) in [7, 11) is 0. The Morgan fingerprint density at radius 3 is 1.89 bits per heavy atom. The van der Waals surface area contributed by atoms with Gasteiger partial charge in [-0.1, -0.05) is 84.9 Å². The lowest BCUT2D eigenvalue weighted by atomic mass is 9.90. The Kier molecular flexibility index (Phi) is 12.7. The molecular weight excluding hydrogens is 719 g/mol. The van der Waals surface area contributed by atoms with Crippen LogP contribution in [0.2, 0.25) is 0 Å². The van der Waals surface area contributed by atoms with Gasteiger partial charge in [-0.25, -0.2) is 0 Å². The van der Waals surface area contributed by atoms with Gasteiger partial charge in [0, 0.05) is 24.1 Å². The van der Waals surface area contributed by atoms with E-state index in [1.54, 1.807) is 36.4 Å². The minimum atomic E-state index is -1.20. The van der Waals surface area contributed by atoms with E-state index in [1.165, 1.54) is 23.5 Å². The first kappa shape index (κ1) is 38.5. The quantitative estimate of drug-likeness (QED) is 0.139. The lowest BCUT2D eigenvalue weighted by Gasteiger charge is -2.26. The number of carbonyl (C=O) groups is 5. The number of phenols is 1. The summed E-state index contributed by atoms with van der Waals surface area (Å²) in [6, 6.07) is 30.3. The lowest BCUT2D eigenvalue weighted by molar-refractivity contribution is -0.144. The van der Waals surface area contributed by atoms with E-state index < -0.39 is 60.1 Å². The van der Waals surface area contributed by atoms with Gasteiger partial charge in [-0.15, -0.1) is 11.3 Å². The molecule has 1 aromatic heterocycles. The van der Waals surface area contributed by atoms with Crippen molar-refractivity contribution in [2.45, 2.75) is 50.2 Å². The van der Waals surface area contributed by atoms with Crippen molar-refractivity contribution in [3.63, 3.8) is 0 Å². The Balaban J connectivity index is 1.34. The Bertz CT molecular complexity index is 2090. The van der Waals surface area contributed by atoms with Crippen molar-refractivity contribution < 1.29 is 38.9 Å².